The summed E-state index contributed by atoms with van der Waals surface area (Å²) >= 11 is 0. The number of hydrogen-bond acceptors (Lipinski definition) is 2. The number of benzene rings is 1. The molecule has 2 N–H and O–H groups in total. The summed E-state index contributed by atoms with van der Waals surface area (Å²) < 4.78 is 27.8. The first kappa shape index (κ1) is 10.8. The number of nitrogens with two attached hydrogens (primary N) is 1. The molecule has 0 radical (unpaired) electrons. The van der Waals surface area contributed by atoms with E-state index in [1.807, 2.05) is 0 Å². The van der Waals surface area contributed by atoms with Gasteiger partial charge in [0.15, 0.2) is 0 Å². The minimum absolute atomic E-state index is 0.275. The fraction of sp³-hybridized carbons (Fsp3) is 0.182. The summed E-state index contributed by atoms with van der Waals surface area (Å²) in [4.78, 5) is 0. The lowest BCUT2D eigenvalue weighted by Crippen LogP contribution is -2.03. The van der Waals surface area contributed by atoms with E-state index in [2.05, 4.69) is 5.10 Å². The molecule has 0 aliphatic carbocycles. The number of aryl methyl sites for hydroxylation is 1. The second kappa shape index (κ2) is 4.02. The predicted octanol–water partition coefficient (Wildman–Crippen LogP) is 1.82. The highest BCUT2D eigenvalue weighted by Crippen LogP contribution is 2.22. The summed E-state index contributed by atoms with van der Waals surface area (Å²) in [5.74, 6) is -1.22. The minimum Gasteiger partial charge on any atom is -0.325 e. The van der Waals surface area contributed by atoms with Gasteiger partial charge in [0.2, 0.25) is 0 Å². The van der Waals surface area contributed by atoms with Crippen LogP contribution in [0.1, 0.15) is 5.69 Å². The smallest absolute Gasteiger partial charge is 0.135 e. The van der Waals surface area contributed by atoms with Gasteiger partial charge in [-0.2, -0.15) is 5.10 Å². The second-order valence-electron chi connectivity index (χ2n) is 3.47. The van der Waals surface area contributed by atoms with E-state index in [1.165, 1.54) is 12.1 Å². The normalized spacial score (nSPS) is 10.8. The Morgan fingerprint density at radius 3 is 2.62 bits per heavy atom. The molecule has 0 amide bonds. The van der Waals surface area contributed by atoms with E-state index in [4.69, 9.17) is 5.73 Å². The van der Waals surface area contributed by atoms with E-state index in [1.54, 1.807) is 17.8 Å². The summed E-state index contributed by atoms with van der Waals surface area (Å²) in [6.07, 6.45) is 0. The van der Waals surface area contributed by atoms with Crippen LogP contribution in [0.25, 0.3) is 11.3 Å². The monoisotopic (exact) mass is 223 g/mol. The quantitative estimate of drug-likeness (QED) is 0.844. The first-order valence-electron chi connectivity index (χ1n) is 4.80. The summed E-state index contributed by atoms with van der Waals surface area (Å²) in [6, 6.07) is 5.10. The Hall–Kier alpha value is -1.75. The van der Waals surface area contributed by atoms with Gasteiger partial charge in [0.1, 0.15) is 11.6 Å². The van der Waals surface area contributed by atoms with Gasteiger partial charge in [-0.05, 0) is 18.2 Å². The van der Waals surface area contributed by atoms with Crippen molar-refractivity contribution in [3.63, 3.8) is 0 Å². The molecule has 84 valence electrons. The van der Waals surface area contributed by atoms with Gasteiger partial charge in [-0.25, -0.2) is 8.78 Å². The molecule has 3 nitrogen and oxygen atoms in total. The lowest BCUT2D eigenvalue weighted by molar-refractivity contribution is 0.585. The average Bonchev–Trinajstić information content (AvgIpc) is 2.59. The molecule has 0 atom stereocenters. The van der Waals surface area contributed by atoms with Crippen molar-refractivity contribution in [2.75, 3.05) is 0 Å². The Morgan fingerprint density at radius 2 is 2.06 bits per heavy atom. The van der Waals surface area contributed by atoms with E-state index in [0.29, 0.717) is 12.2 Å². The first-order chi connectivity index (χ1) is 7.61. The molecule has 16 heavy (non-hydrogen) atoms. The summed E-state index contributed by atoms with van der Waals surface area (Å²) in [6.45, 7) is 0.326. The summed E-state index contributed by atoms with van der Waals surface area (Å²) in [5.41, 5.74) is 7.01. The Kier molecular flexibility index (Phi) is 2.70. The third-order valence-corrected chi connectivity index (χ3v) is 2.39. The van der Waals surface area contributed by atoms with Crippen LogP contribution in [0.3, 0.4) is 0 Å². The fourth-order valence-corrected chi connectivity index (χ4v) is 1.53. The van der Waals surface area contributed by atoms with Crippen LogP contribution in [0.5, 0.6) is 0 Å². The average molecular weight is 223 g/mol. The molecule has 1 aromatic heterocycles. The van der Waals surface area contributed by atoms with Gasteiger partial charge >= 0.3 is 0 Å². The maximum absolute atomic E-state index is 13.5. The first-order valence-corrected chi connectivity index (χ1v) is 4.80. The van der Waals surface area contributed by atoms with E-state index in [-0.39, 0.29) is 5.56 Å². The molecular weight excluding hydrogens is 212 g/mol. The van der Waals surface area contributed by atoms with Crippen molar-refractivity contribution in [3.8, 4) is 11.3 Å². The maximum atomic E-state index is 13.5. The van der Waals surface area contributed by atoms with Gasteiger partial charge in [-0.3, -0.25) is 4.68 Å². The van der Waals surface area contributed by atoms with Crippen LogP contribution in [0.15, 0.2) is 24.3 Å². The molecule has 5 heteroatoms. The van der Waals surface area contributed by atoms with Crippen molar-refractivity contribution >= 4 is 0 Å². The van der Waals surface area contributed by atoms with Gasteiger partial charge in [-0.1, -0.05) is 0 Å². The highest BCUT2D eigenvalue weighted by atomic mass is 19.1. The Labute approximate surface area is 91.5 Å². The van der Waals surface area contributed by atoms with E-state index in [9.17, 15) is 8.78 Å². The van der Waals surface area contributed by atoms with Gasteiger partial charge < -0.3 is 5.73 Å². The molecule has 2 rings (SSSR count). The largest absolute Gasteiger partial charge is 0.325 e. The molecular formula is C11H11F2N3. The molecule has 2 aromatic rings. The summed E-state index contributed by atoms with van der Waals surface area (Å²) in [5, 5.41) is 4.12. The summed E-state index contributed by atoms with van der Waals surface area (Å²) in [7, 11) is 1.73. The van der Waals surface area contributed by atoms with Crippen LogP contribution < -0.4 is 5.73 Å². The highest BCUT2D eigenvalue weighted by molar-refractivity contribution is 5.60. The van der Waals surface area contributed by atoms with Gasteiger partial charge in [0.05, 0.1) is 11.4 Å². The van der Waals surface area contributed by atoms with Gasteiger partial charge in [-0.15, -0.1) is 0 Å². The zero-order chi connectivity index (χ0) is 11.7. The third-order valence-electron chi connectivity index (χ3n) is 2.39. The van der Waals surface area contributed by atoms with Gasteiger partial charge in [0.25, 0.3) is 0 Å². The van der Waals surface area contributed by atoms with Crippen molar-refractivity contribution in [2.45, 2.75) is 6.54 Å². The Morgan fingerprint density at radius 1 is 1.31 bits per heavy atom. The Balaban J connectivity index is 2.50. The van der Waals surface area contributed by atoms with Crippen LogP contribution in [-0.4, -0.2) is 9.78 Å². The Bertz CT molecular complexity index is 520. The van der Waals surface area contributed by atoms with Crippen molar-refractivity contribution in [2.24, 2.45) is 12.8 Å². The van der Waals surface area contributed by atoms with Crippen molar-refractivity contribution in [1.29, 1.82) is 0 Å². The molecule has 0 aliphatic rings. The van der Waals surface area contributed by atoms with Crippen molar-refractivity contribution in [3.05, 3.63) is 41.6 Å². The molecule has 0 fully saturated rings. The van der Waals surface area contributed by atoms with Crippen molar-refractivity contribution < 1.29 is 8.78 Å². The molecule has 0 saturated heterocycles. The number of aromatic nitrogens is 2. The van der Waals surface area contributed by atoms with Crippen LogP contribution in [0.4, 0.5) is 8.78 Å². The predicted molar refractivity (Wildman–Crippen MR) is 56.5 cm³/mol. The zero-order valence-electron chi connectivity index (χ0n) is 8.74. The third kappa shape index (κ3) is 1.81. The highest BCUT2D eigenvalue weighted by Gasteiger charge is 2.11. The lowest BCUT2D eigenvalue weighted by Gasteiger charge is -1.98. The molecule has 1 heterocycles. The second-order valence-corrected chi connectivity index (χ2v) is 3.47. The standard InChI is InChI=1S/C11H11F2N3/c1-16-8(6-14)5-11(15-16)9-3-2-7(12)4-10(9)13/h2-5H,6,14H2,1H3. The maximum Gasteiger partial charge on any atom is 0.135 e. The number of nitrogens with zero attached hydrogens (tertiary/aromatic N) is 2. The van der Waals surface area contributed by atoms with E-state index < -0.39 is 11.6 Å². The van der Waals surface area contributed by atoms with Crippen LogP contribution in [-0.2, 0) is 13.6 Å². The van der Waals surface area contributed by atoms with Crippen molar-refractivity contribution in [1.82, 2.24) is 9.78 Å². The molecule has 0 spiro atoms. The number of rotatable bonds is 2. The van der Waals surface area contributed by atoms with E-state index >= 15 is 0 Å². The van der Waals surface area contributed by atoms with E-state index in [0.717, 1.165) is 11.8 Å². The molecule has 0 saturated carbocycles. The SMILES string of the molecule is Cn1nc(-c2ccc(F)cc2F)cc1CN. The molecule has 0 unspecified atom stereocenters. The van der Waals surface area contributed by atoms with Gasteiger partial charge in [0, 0.05) is 25.2 Å². The lowest BCUT2D eigenvalue weighted by atomic mass is 10.1. The number of hydrogen-bond donors (Lipinski definition) is 1. The fourth-order valence-electron chi connectivity index (χ4n) is 1.53. The molecule has 0 bridgehead atoms. The minimum atomic E-state index is -0.623. The molecule has 0 aliphatic heterocycles. The number of halogens is 2. The van der Waals surface area contributed by atoms with Crippen LogP contribution >= 0.6 is 0 Å². The topological polar surface area (TPSA) is 43.8 Å². The molecule has 1 aromatic carbocycles. The zero-order valence-corrected chi connectivity index (χ0v) is 8.74. The van der Waals surface area contributed by atoms with Crippen LogP contribution in [0, 0.1) is 11.6 Å². The van der Waals surface area contributed by atoms with Crippen LogP contribution in [0.2, 0.25) is 0 Å².